The van der Waals surface area contributed by atoms with Gasteiger partial charge in [0.05, 0.1) is 12.0 Å². The summed E-state index contributed by atoms with van der Waals surface area (Å²) >= 11 is 12.1. The average molecular weight is 328 g/mol. The molecule has 0 saturated carbocycles. The second kappa shape index (κ2) is 5.81. The molecular weight excluding hydrogens is 313 g/mol. The molecule has 1 saturated heterocycles. The van der Waals surface area contributed by atoms with Crippen molar-refractivity contribution in [3.8, 4) is 0 Å². The van der Waals surface area contributed by atoms with E-state index in [1.165, 1.54) is 0 Å². The van der Waals surface area contributed by atoms with Crippen LogP contribution in [0.4, 0.5) is 0 Å². The number of rotatable bonds is 2. The van der Waals surface area contributed by atoms with Crippen molar-refractivity contribution in [3.05, 3.63) is 33.8 Å². The van der Waals surface area contributed by atoms with Gasteiger partial charge in [0.2, 0.25) is 5.91 Å². The molecule has 1 amide bonds. The molecule has 0 radical (unpaired) electrons. The molecule has 0 aliphatic carbocycles. The maximum absolute atomic E-state index is 12.0. The second-order valence-electron chi connectivity index (χ2n) is 5.08. The van der Waals surface area contributed by atoms with E-state index >= 15 is 0 Å². The molecule has 2 heterocycles. The van der Waals surface area contributed by atoms with E-state index in [0.717, 1.165) is 5.56 Å². The molecule has 0 bridgehead atoms. The third-order valence-corrected chi connectivity index (χ3v) is 4.14. The lowest BCUT2D eigenvalue weighted by molar-refractivity contribution is -0.123. The van der Waals surface area contributed by atoms with Gasteiger partial charge < -0.3 is 5.32 Å². The molecule has 112 valence electrons. The first-order chi connectivity index (χ1) is 10.0. The van der Waals surface area contributed by atoms with Crippen LogP contribution in [0.5, 0.6) is 0 Å². The maximum Gasteiger partial charge on any atom is 0.234 e. The van der Waals surface area contributed by atoms with Gasteiger partial charge in [0.15, 0.2) is 5.96 Å². The lowest BCUT2D eigenvalue weighted by atomic mass is 10.1. The van der Waals surface area contributed by atoms with E-state index in [2.05, 4.69) is 26.5 Å². The molecule has 6 nitrogen and oxygen atoms in total. The van der Waals surface area contributed by atoms with E-state index in [9.17, 15) is 4.79 Å². The highest BCUT2D eigenvalue weighted by atomic mass is 35.5. The molecule has 21 heavy (non-hydrogen) atoms. The Bertz CT molecular complexity index is 606. The molecule has 8 heteroatoms. The fraction of sp³-hybridized carbons (Fsp3) is 0.385. The minimum Gasteiger partial charge on any atom is -0.349 e. The number of hydrogen-bond acceptors (Lipinski definition) is 5. The summed E-state index contributed by atoms with van der Waals surface area (Å²) in [5.41, 5.74) is 6.79. The number of halogens is 2. The number of benzene rings is 1. The van der Waals surface area contributed by atoms with Crippen LogP contribution in [0, 0.1) is 5.92 Å². The summed E-state index contributed by atoms with van der Waals surface area (Å²) in [6.45, 7) is 2.52. The summed E-state index contributed by atoms with van der Waals surface area (Å²) in [4.78, 5) is 16.4. The maximum atomic E-state index is 12.0. The van der Waals surface area contributed by atoms with Crippen LogP contribution in [0.15, 0.2) is 23.2 Å². The minimum absolute atomic E-state index is 0.0515. The van der Waals surface area contributed by atoms with Gasteiger partial charge in [-0.3, -0.25) is 15.5 Å². The zero-order chi connectivity index (χ0) is 15.0. The molecule has 4 N–H and O–H groups in total. The number of guanidine groups is 1. The molecule has 1 aromatic carbocycles. The van der Waals surface area contributed by atoms with E-state index in [-0.39, 0.29) is 24.0 Å². The summed E-state index contributed by atoms with van der Waals surface area (Å²) in [6, 6.07) is 5.21. The average Bonchev–Trinajstić information content (AvgIpc) is 2.87. The standard InChI is InChI=1S/C13H15Cl2N5O/c1-6(8-3-2-7(14)4-10(8)15)17-13-18-11-9(5-16-20-11)12(21)19-13/h2-4,6,9,11,16,20H,5H2,1H3,(H2,17,18,19,21)/t6-,9?,11?/m0/s1. The predicted molar refractivity (Wildman–Crippen MR) is 82.0 cm³/mol. The summed E-state index contributed by atoms with van der Waals surface area (Å²) in [5.74, 6) is 0.213. The van der Waals surface area contributed by atoms with Gasteiger partial charge in [0, 0.05) is 16.6 Å². The van der Waals surface area contributed by atoms with E-state index in [1.54, 1.807) is 12.1 Å². The summed E-state index contributed by atoms with van der Waals surface area (Å²) in [6.07, 6.45) is -0.242. The molecule has 2 unspecified atom stereocenters. The van der Waals surface area contributed by atoms with Crippen molar-refractivity contribution >= 4 is 35.1 Å². The highest BCUT2D eigenvalue weighted by Gasteiger charge is 2.37. The summed E-state index contributed by atoms with van der Waals surface area (Å²) < 4.78 is 0. The minimum atomic E-state index is -0.242. The topological polar surface area (TPSA) is 77.6 Å². The zero-order valence-electron chi connectivity index (χ0n) is 11.3. The molecule has 2 aliphatic rings. The number of nitrogens with one attached hydrogen (secondary N) is 4. The van der Waals surface area contributed by atoms with Gasteiger partial charge in [0.1, 0.15) is 6.17 Å². The van der Waals surface area contributed by atoms with Crippen LogP contribution in [0.3, 0.4) is 0 Å². The van der Waals surface area contributed by atoms with Crippen LogP contribution < -0.4 is 21.5 Å². The third-order valence-electron chi connectivity index (χ3n) is 3.58. The van der Waals surface area contributed by atoms with Crippen LogP contribution >= 0.6 is 23.2 Å². The van der Waals surface area contributed by atoms with Crippen molar-refractivity contribution < 1.29 is 4.79 Å². The van der Waals surface area contributed by atoms with Crippen LogP contribution in [-0.4, -0.2) is 24.6 Å². The van der Waals surface area contributed by atoms with Crippen molar-refractivity contribution in [2.24, 2.45) is 10.9 Å². The number of hydrazine groups is 1. The van der Waals surface area contributed by atoms with Crippen molar-refractivity contribution in [1.82, 2.24) is 21.5 Å². The molecule has 0 spiro atoms. The van der Waals surface area contributed by atoms with Crippen LogP contribution in [-0.2, 0) is 4.79 Å². The van der Waals surface area contributed by atoms with Crippen molar-refractivity contribution in [2.45, 2.75) is 19.1 Å². The first-order valence-corrected chi connectivity index (χ1v) is 7.39. The van der Waals surface area contributed by atoms with Gasteiger partial charge in [-0.1, -0.05) is 29.3 Å². The fourth-order valence-corrected chi connectivity index (χ4v) is 3.01. The van der Waals surface area contributed by atoms with E-state index in [1.807, 2.05) is 13.0 Å². The van der Waals surface area contributed by atoms with Gasteiger partial charge >= 0.3 is 0 Å². The zero-order valence-corrected chi connectivity index (χ0v) is 12.8. The molecule has 1 aromatic rings. The molecular formula is C13H15Cl2N5O. The first kappa shape index (κ1) is 14.6. The van der Waals surface area contributed by atoms with Gasteiger partial charge in [-0.25, -0.2) is 10.4 Å². The van der Waals surface area contributed by atoms with Crippen molar-refractivity contribution in [1.29, 1.82) is 0 Å². The van der Waals surface area contributed by atoms with Gasteiger partial charge in [-0.2, -0.15) is 0 Å². The quantitative estimate of drug-likeness (QED) is 0.658. The third kappa shape index (κ3) is 2.98. The number of aliphatic imine (C=N–C) groups is 1. The van der Waals surface area contributed by atoms with Crippen LogP contribution in [0.1, 0.15) is 18.5 Å². The monoisotopic (exact) mass is 327 g/mol. The molecule has 3 atom stereocenters. The highest BCUT2D eigenvalue weighted by Crippen LogP contribution is 2.26. The van der Waals surface area contributed by atoms with Gasteiger partial charge in [-0.05, 0) is 24.6 Å². The Balaban J connectivity index is 1.75. The Morgan fingerprint density at radius 2 is 2.24 bits per heavy atom. The molecule has 0 aromatic heterocycles. The summed E-state index contributed by atoms with van der Waals surface area (Å²) in [5, 5.41) is 7.09. The van der Waals surface area contributed by atoms with Gasteiger partial charge in [0.25, 0.3) is 0 Å². The predicted octanol–water partition coefficient (Wildman–Crippen LogP) is 1.18. The smallest absolute Gasteiger partial charge is 0.234 e. The number of carbonyl (C=O) groups excluding carboxylic acids is 1. The summed E-state index contributed by atoms with van der Waals surface area (Å²) in [7, 11) is 0. The van der Waals surface area contributed by atoms with E-state index in [0.29, 0.717) is 22.5 Å². The van der Waals surface area contributed by atoms with Crippen molar-refractivity contribution in [2.75, 3.05) is 6.54 Å². The largest absolute Gasteiger partial charge is 0.349 e. The lowest BCUT2D eigenvalue weighted by Gasteiger charge is -2.25. The fourth-order valence-electron chi connectivity index (χ4n) is 2.43. The Kier molecular flexibility index (Phi) is 4.03. The Labute approximate surface area is 132 Å². The number of amides is 1. The molecule has 3 rings (SSSR count). The lowest BCUT2D eigenvalue weighted by Crippen LogP contribution is -2.52. The number of nitrogens with zero attached hydrogens (tertiary/aromatic N) is 1. The molecule has 1 fully saturated rings. The normalized spacial score (nSPS) is 25.9. The Morgan fingerprint density at radius 1 is 1.43 bits per heavy atom. The van der Waals surface area contributed by atoms with Crippen LogP contribution in [0.2, 0.25) is 10.0 Å². The first-order valence-electron chi connectivity index (χ1n) is 6.63. The van der Waals surface area contributed by atoms with Crippen LogP contribution in [0.25, 0.3) is 0 Å². The van der Waals surface area contributed by atoms with E-state index in [4.69, 9.17) is 23.2 Å². The molecule has 2 aliphatic heterocycles. The van der Waals surface area contributed by atoms with Crippen molar-refractivity contribution in [3.63, 3.8) is 0 Å². The Morgan fingerprint density at radius 3 is 3.00 bits per heavy atom. The number of hydrogen-bond donors (Lipinski definition) is 4. The van der Waals surface area contributed by atoms with E-state index < -0.39 is 0 Å². The number of fused-ring (bicyclic) bond motifs is 1. The number of carbonyl (C=O) groups is 1. The highest BCUT2D eigenvalue weighted by molar-refractivity contribution is 6.35. The van der Waals surface area contributed by atoms with Gasteiger partial charge in [-0.15, -0.1) is 0 Å². The SMILES string of the molecule is C[C@H](NC1=NC2NNCC2C(=O)N1)c1ccc(Cl)cc1Cl. The second-order valence-corrected chi connectivity index (χ2v) is 5.92. The Hall–Kier alpha value is -1.34.